The lowest BCUT2D eigenvalue weighted by molar-refractivity contribution is -0.138. The largest absolute Gasteiger partial charge is 0.481 e. The number of hydrogen-bond donors (Lipinski definition) is 1. The fourth-order valence-corrected chi connectivity index (χ4v) is 3.25. The maximum absolute atomic E-state index is 10.7. The van der Waals surface area contributed by atoms with Crippen LogP contribution in [0.15, 0.2) is 0 Å². The molecule has 4 nitrogen and oxygen atoms in total. The molecule has 0 aromatic carbocycles. The standard InChI is InChI=1S/C13H23NO3/c1-17-12-4-2-11(3-5-12)14-7-6-10(9-14)8-13(15)16/h10-12H,2-9H2,1H3,(H,15,16). The van der Waals surface area contributed by atoms with E-state index in [9.17, 15) is 4.79 Å². The molecule has 0 aromatic heterocycles. The van der Waals surface area contributed by atoms with E-state index in [0.29, 0.717) is 24.5 Å². The Kier molecular flexibility index (Phi) is 4.40. The first kappa shape index (κ1) is 12.8. The molecule has 1 atom stereocenters. The van der Waals surface area contributed by atoms with Crippen LogP contribution >= 0.6 is 0 Å². The molecule has 2 rings (SSSR count). The Balaban J connectivity index is 1.75. The highest BCUT2D eigenvalue weighted by Crippen LogP contribution is 2.29. The van der Waals surface area contributed by atoms with Gasteiger partial charge in [0, 0.05) is 26.1 Å². The zero-order valence-electron chi connectivity index (χ0n) is 10.6. The van der Waals surface area contributed by atoms with Crippen molar-refractivity contribution in [3.05, 3.63) is 0 Å². The molecule has 1 N–H and O–H groups in total. The van der Waals surface area contributed by atoms with Gasteiger partial charge in [-0.05, 0) is 44.6 Å². The summed E-state index contributed by atoms with van der Waals surface area (Å²) in [7, 11) is 1.80. The monoisotopic (exact) mass is 241 g/mol. The molecule has 0 bridgehead atoms. The first-order valence-electron chi connectivity index (χ1n) is 6.67. The van der Waals surface area contributed by atoms with Crippen LogP contribution in [0.2, 0.25) is 0 Å². The number of nitrogens with zero attached hydrogens (tertiary/aromatic N) is 1. The van der Waals surface area contributed by atoms with Crippen LogP contribution in [0.5, 0.6) is 0 Å². The summed E-state index contributed by atoms with van der Waals surface area (Å²) in [5, 5.41) is 8.80. The van der Waals surface area contributed by atoms with Crippen molar-refractivity contribution in [1.82, 2.24) is 4.90 Å². The second-order valence-electron chi connectivity index (χ2n) is 5.41. The number of methoxy groups -OCH3 is 1. The van der Waals surface area contributed by atoms with Crippen LogP contribution in [0, 0.1) is 5.92 Å². The molecule has 0 aromatic rings. The Morgan fingerprint density at radius 1 is 1.29 bits per heavy atom. The second-order valence-corrected chi connectivity index (χ2v) is 5.41. The molecule has 1 aliphatic carbocycles. The van der Waals surface area contributed by atoms with Crippen molar-refractivity contribution in [3.8, 4) is 0 Å². The number of ether oxygens (including phenoxy) is 1. The van der Waals surface area contributed by atoms with Crippen LogP contribution in [-0.4, -0.2) is 48.3 Å². The molecule has 17 heavy (non-hydrogen) atoms. The van der Waals surface area contributed by atoms with E-state index in [1.54, 1.807) is 7.11 Å². The van der Waals surface area contributed by atoms with E-state index in [1.165, 1.54) is 12.8 Å². The van der Waals surface area contributed by atoms with E-state index < -0.39 is 5.97 Å². The second kappa shape index (κ2) is 5.83. The van der Waals surface area contributed by atoms with Crippen LogP contribution in [0.25, 0.3) is 0 Å². The Bertz CT molecular complexity index is 261. The lowest BCUT2D eigenvalue weighted by atomic mass is 9.92. The van der Waals surface area contributed by atoms with Gasteiger partial charge in [0.05, 0.1) is 6.10 Å². The Labute approximate surface area is 103 Å². The quantitative estimate of drug-likeness (QED) is 0.814. The predicted octanol–water partition coefficient (Wildman–Crippen LogP) is 1.74. The molecular weight excluding hydrogens is 218 g/mol. The first-order chi connectivity index (χ1) is 8.19. The van der Waals surface area contributed by atoms with E-state index in [4.69, 9.17) is 9.84 Å². The SMILES string of the molecule is COC1CCC(N2CCC(CC(=O)O)C2)CC1. The van der Waals surface area contributed by atoms with Gasteiger partial charge >= 0.3 is 5.97 Å². The number of carboxylic acid groups (broad SMARTS) is 1. The lowest BCUT2D eigenvalue weighted by Crippen LogP contribution is -2.38. The van der Waals surface area contributed by atoms with Crippen LogP contribution in [0.4, 0.5) is 0 Å². The van der Waals surface area contributed by atoms with E-state index in [0.717, 1.165) is 32.4 Å². The molecular formula is C13H23NO3. The van der Waals surface area contributed by atoms with Gasteiger partial charge in [0.2, 0.25) is 0 Å². The van der Waals surface area contributed by atoms with Gasteiger partial charge < -0.3 is 14.7 Å². The summed E-state index contributed by atoms with van der Waals surface area (Å²) in [6.45, 7) is 2.06. The summed E-state index contributed by atoms with van der Waals surface area (Å²) in [5.41, 5.74) is 0. The van der Waals surface area contributed by atoms with Gasteiger partial charge in [-0.25, -0.2) is 0 Å². The van der Waals surface area contributed by atoms with Crippen LogP contribution in [0.3, 0.4) is 0 Å². The molecule has 0 spiro atoms. The zero-order valence-corrected chi connectivity index (χ0v) is 10.6. The molecule has 1 unspecified atom stereocenters. The highest BCUT2D eigenvalue weighted by molar-refractivity contribution is 5.67. The van der Waals surface area contributed by atoms with E-state index in [1.807, 2.05) is 0 Å². The van der Waals surface area contributed by atoms with Gasteiger partial charge in [-0.1, -0.05) is 0 Å². The van der Waals surface area contributed by atoms with Crippen LogP contribution < -0.4 is 0 Å². The minimum atomic E-state index is -0.653. The first-order valence-corrected chi connectivity index (χ1v) is 6.67. The number of aliphatic carboxylic acids is 1. The van der Waals surface area contributed by atoms with Gasteiger partial charge in [0.25, 0.3) is 0 Å². The number of hydrogen-bond acceptors (Lipinski definition) is 3. The van der Waals surface area contributed by atoms with Crippen molar-refractivity contribution in [3.63, 3.8) is 0 Å². The van der Waals surface area contributed by atoms with E-state index >= 15 is 0 Å². The number of rotatable bonds is 4. The molecule has 2 aliphatic rings. The molecule has 2 fully saturated rings. The van der Waals surface area contributed by atoms with Gasteiger partial charge in [-0.3, -0.25) is 4.79 Å². The molecule has 4 heteroatoms. The third-order valence-corrected chi connectivity index (χ3v) is 4.27. The Morgan fingerprint density at radius 2 is 2.00 bits per heavy atom. The molecule has 0 amide bonds. The lowest BCUT2D eigenvalue weighted by Gasteiger charge is -2.34. The Morgan fingerprint density at radius 3 is 2.59 bits per heavy atom. The topological polar surface area (TPSA) is 49.8 Å². The highest BCUT2D eigenvalue weighted by Gasteiger charge is 2.31. The van der Waals surface area contributed by atoms with Crippen LogP contribution in [0.1, 0.15) is 38.5 Å². The Hall–Kier alpha value is -0.610. The number of carbonyl (C=O) groups is 1. The molecule has 1 saturated carbocycles. The average Bonchev–Trinajstić information content (AvgIpc) is 2.77. The van der Waals surface area contributed by atoms with Gasteiger partial charge in [0.15, 0.2) is 0 Å². The summed E-state index contributed by atoms with van der Waals surface area (Å²) in [4.78, 5) is 13.2. The maximum atomic E-state index is 10.7. The van der Waals surface area contributed by atoms with Crippen molar-refractivity contribution in [2.75, 3.05) is 20.2 Å². The van der Waals surface area contributed by atoms with E-state index in [2.05, 4.69) is 4.90 Å². The van der Waals surface area contributed by atoms with Gasteiger partial charge in [-0.15, -0.1) is 0 Å². The number of carboxylic acids is 1. The number of likely N-dealkylation sites (tertiary alicyclic amines) is 1. The molecule has 98 valence electrons. The third kappa shape index (κ3) is 3.42. The van der Waals surface area contributed by atoms with Gasteiger partial charge in [-0.2, -0.15) is 0 Å². The molecule has 1 saturated heterocycles. The minimum absolute atomic E-state index is 0.337. The van der Waals surface area contributed by atoms with Crippen molar-refractivity contribution >= 4 is 5.97 Å². The van der Waals surface area contributed by atoms with Crippen molar-refractivity contribution in [2.24, 2.45) is 5.92 Å². The molecule has 1 aliphatic heterocycles. The molecule has 1 heterocycles. The average molecular weight is 241 g/mol. The fourth-order valence-electron chi connectivity index (χ4n) is 3.25. The maximum Gasteiger partial charge on any atom is 0.303 e. The van der Waals surface area contributed by atoms with Gasteiger partial charge in [0.1, 0.15) is 0 Å². The predicted molar refractivity (Wildman–Crippen MR) is 65.0 cm³/mol. The summed E-state index contributed by atoms with van der Waals surface area (Å²) in [6, 6.07) is 0.667. The highest BCUT2D eigenvalue weighted by atomic mass is 16.5. The summed E-state index contributed by atoms with van der Waals surface area (Å²) in [5.74, 6) is -0.285. The summed E-state index contributed by atoms with van der Waals surface area (Å²) < 4.78 is 5.38. The summed E-state index contributed by atoms with van der Waals surface area (Å²) in [6.07, 6.45) is 6.56. The van der Waals surface area contributed by atoms with Crippen molar-refractivity contribution in [2.45, 2.75) is 50.7 Å². The third-order valence-electron chi connectivity index (χ3n) is 4.27. The fraction of sp³-hybridized carbons (Fsp3) is 0.923. The smallest absolute Gasteiger partial charge is 0.303 e. The van der Waals surface area contributed by atoms with Crippen LogP contribution in [-0.2, 0) is 9.53 Å². The summed E-state index contributed by atoms with van der Waals surface area (Å²) >= 11 is 0. The van der Waals surface area contributed by atoms with E-state index in [-0.39, 0.29) is 0 Å². The molecule has 0 radical (unpaired) electrons. The normalized spacial score (nSPS) is 35.0. The van der Waals surface area contributed by atoms with Crippen molar-refractivity contribution in [1.29, 1.82) is 0 Å². The minimum Gasteiger partial charge on any atom is -0.481 e. The van der Waals surface area contributed by atoms with Crippen molar-refractivity contribution < 1.29 is 14.6 Å². The zero-order chi connectivity index (χ0) is 12.3.